The van der Waals surface area contributed by atoms with Gasteiger partial charge in [-0.2, -0.15) is 8.78 Å². The first-order valence-corrected chi connectivity index (χ1v) is 2.56. The fraction of sp³-hybridized carbons (Fsp3) is 0.167. The molecule has 0 fully saturated rings. The number of carbonyl (C=O) groups is 1. The maximum Gasteiger partial charge on any atom is 0.327 e. The molecule has 70 valence electrons. The second-order valence-electron chi connectivity index (χ2n) is 1.33. The van der Waals surface area contributed by atoms with Crippen LogP contribution < -0.4 is 0 Å². The molecule has 2 nitrogen and oxygen atoms in total. The van der Waals surface area contributed by atoms with E-state index in [1.54, 1.807) is 0 Å². The lowest BCUT2D eigenvalue weighted by Gasteiger charge is -1.80. The number of carboxylic acids is 1. The molecule has 0 atom stereocenters. The Labute approximate surface area is 65.8 Å². The van der Waals surface area contributed by atoms with Gasteiger partial charge in [-0.25, -0.2) is 13.6 Å². The van der Waals surface area contributed by atoms with E-state index in [1.807, 2.05) is 0 Å². The second kappa shape index (κ2) is 7.77. The predicted octanol–water partition coefficient (Wildman–Crippen LogP) is 2.29. The zero-order valence-corrected chi connectivity index (χ0v) is 5.81. The van der Waals surface area contributed by atoms with Crippen LogP contribution in [0.1, 0.15) is 0 Å². The Morgan fingerprint density at radius 2 is 1.75 bits per heavy atom. The van der Waals surface area contributed by atoms with Gasteiger partial charge >= 0.3 is 5.97 Å². The topological polar surface area (TPSA) is 37.3 Å². The predicted molar refractivity (Wildman–Crippen MR) is 34.1 cm³/mol. The first-order valence-electron chi connectivity index (χ1n) is 2.56. The molecule has 12 heavy (non-hydrogen) atoms. The molecule has 0 aliphatic heterocycles. The zero-order chi connectivity index (χ0) is 10.1. The summed E-state index contributed by atoms with van der Waals surface area (Å²) in [7, 11) is 0. The van der Waals surface area contributed by atoms with E-state index in [0.29, 0.717) is 0 Å². The van der Waals surface area contributed by atoms with E-state index < -0.39 is 24.6 Å². The number of aliphatic carboxylic acids is 1. The highest BCUT2D eigenvalue weighted by molar-refractivity contribution is 5.78. The summed E-state index contributed by atoms with van der Waals surface area (Å²) in [4.78, 5) is 9.25. The van der Waals surface area contributed by atoms with Crippen molar-refractivity contribution in [2.24, 2.45) is 0 Å². The van der Waals surface area contributed by atoms with Crippen molar-refractivity contribution >= 4 is 5.97 Å². The zero-order valence-electron chi connectivity index (χ0n) is 5.81. The first-order chi connectivity index (χ1) is 5.40. The first kappa shape index (κ1) is 13.3. The lowest BCUT2D eigenvalue weighted by molar-refractivity contribution is -0.131. The van der Waals surface area contributed by atoms with E-state index in [-0.39, 0.29) is 0 Å². The second-order valence-corrected chi connectivity index (χ2v) is 1.33. The normalized spacial score (nSPS) is 8.08. The smallest absolute Gasteiger partial charge is 0.327 e. The van der Waals surface area contributed by atoms with Crippen molar-refractivity contribution in [2.45, 2.75) is 6.43 Å². The van der Waals surface area contributed by atoms with E-state index in [2.05, 4.69) is 6.58 Å². The number of hydrogen-bond donors (Lipinski definition) is 1. The Hall–Kier alpha value is -1.33. The Kier molecular flexibility index (Phi) is 8.60. The Bertz CT molecular complexity index is 172. The molecule has 0 aromatic rings. The number of carboxylic acid groups (broad SMARTS) is 1. The van der Waals surface area contributed by atoms with E-state index in [1.165, 1.54) is 0 Å². The van der Waals surface area contributed by atoms with Gasteiger partial charge in [-0.15, -0.1) is 0 Å². The molecule has 0 saturated carbocycles. The van der Waals surface area contributed by atoms with E-state index in [0.717, 1.165) is 6.08 Å². The molecule has 6 heteroatoms. The molecule has 0 aliphatic carbocycles. The largest absolute Gasteiger partial charge is 0.478 e. The van der Waals surface area contributed by atoms with Crippen LogP contribution in [-0.4, -0.2) is 17.5 Å². The molecule has 0 radical (unpaired) electrons. The van der Waals surface area contributed by atoms with Gasteiger partial charge in [0.25, 0.3) is 12.5 Å². The van der Waals surface area contributed by atoms with Crippen LogP contribution >= 0.6 is 0 Å². The SMILES string of the molecule is C=CC(=O)O.FC(F)=CC(F)F. The number of halogens is 4. The highest BCUT2D eigenvalue weighted by Crippen LogP contribution is 2.02. The number of allylic oxidation sites excluding steroid dienone is 1. The van der Waals surface area contributed by atoms with Crippen molar-refractivity contribution in [2.75, 3.05) is 0 Å². The number of rotatable bonds is 2. The Morgan fingerprint density at radius 1 is 1.42 bits per heavy atom. The van der Waals surface area contributed by atoms with Gasteiger partial charge in [0.15, 0.2) is 0 Å². The van der Waals surface area contributed by atoms with Gasteiger partial charge < -0.3 is 5.11 Å². The quantitative estimate of drug-likeness (QED) is 0.530. The molecular weight excluding hydrogens is 180 g/mol. The summed E-state index contributed by atoms with van der Waals surface area (Å²) >= 11 is 0. The molecule has 0 heterocycles. The Morgan fingerprint density at radius 3 is 1.75 bits per heavy atom. The average Bonchev–Trinajstić information content (AvgIpc) is 1.85. The van der Waals surface area contributed by atoms with Crippen molar-refractivity contribution in [3.63, 3.8) is 0 Å². The summed E-state index contributed by atoms with van der Waals surface area (Å²) in [5, 5.41) is 7.60. The fourth-order valence-corrected chi connectivity index (χ4v) is 0.0952. The van der Waals surface area contributed by atoms with Gasteiger partial charge in [0, 0.05) is 12.2 Å². The molecule has 0 rings (SSSR count). The van der Waals surface area contributed by atoms with E-state index >= 15 is 0 Å². The van der Waals surface area contributed by atoms with Crippen LogP contribution in [0.4, 0.5) is 17.6 Å². The van der Waals surface area contributed by atoms with Crippen LogP contribution in [0.15, 0.2) is 24.8 Å². The van der Waals surface area contributed by atoms with Crippen molar-refractivity contribution in [1.29, 1.82) is 0 Å². The number of hydrogen-bond acceptors (Lipinski definition) is 1. The third-order valence-electron chi connectivity index (χ3n) is 0.427. The van der Waals surface area contributed by atoms with Crippen molar-refractivity contribution in [1.82, 2.24) is 0 Å². The number of alkyl halides is 2. The summed E-state index contributed by atoms with van der Waals surface area (Å²) in [6, 6.07) is 0. The van der Waals surface area contributed by atoms with Crippen molar-refractivity contribution < 1.29 is 27.5 Å². The minimum Gasteiger partial charge on any atom is -0.478 e. The van der Waals surface area contributed by atoms with E-state index in [9.17, 15) is 22.4 Å². The minimum absolute atomic E-state index is 0.417. The fourth-order valence-electron chi connectivity index (χ4n) is 0.0952. The van der Waals surface area contributed by atoms with Gasteiger partial charge in [0.1, 0.15) is 0 Å². The summed E-state index contributed by atoms with van der Waals surface area (Å²) in [6.07, 6.45) is -4.96. The summed E-state index contributed by atoms with van der Waals surface area (Å²) < 4.78 is 42.8. The monoisotopic (exact) mass is 186 g/mol. The lowest BCUT2D eigenvalue weighted by atomic mass is 10.7. The molecule has 0 aromatic carbocycles. The molecule has 0 spiro atoms. The molecule has 0 aliphatic rings. The summed E-state index contributed by atoms with van der Waals surface area (Å²) in [5.74, 6) is -0.981. The van der Waals surface area contributed by atoms with E-state index in [4.69, 9.17) is 5.11 Å². The minimum atomic E-state index is -3.04. The Balaban J connectivity index is 0. The molecule has 0 unspecified atom stereocenters. The maximum absolute atomic E-state index is 10.7. The standard InChI is InChI=1S/C3H2F4.C3H4O2/c4-2(5)1-3(6)7;1-2-3(4)5/h1-2H;2H,1H2,(H,4,5). The van der Waals surface area contributed by atoms with Crippen molar-refractivity contribution in [3.8, 4) is 0 Å². The van der Waals surface area contributed by atoms with Gasteiger partial charge in [-0.05, 0) is 0 Å². The third-order valence-corrected chi connectivity index (χ3v) is 0.427. The molecule has 0 bridgehead atoms. The average molecular weight is 186 g/mol. The lowest BCUT2D eigenvalue weighted by Crippen LogP contribution is -1.82. The van der Waals surface area contributed by atoms with Crippen LogP contribution in [0, 0.1) is 0 Å². The highest BCUT2D eigenvalue weighted by Gasteiger charge is 1.97. The van der Waals surface area contributed by atoms with Gasteiger partial charge in [-0.1, -0.05) is 6.58 Å². The third kappa shape index (κ3) is 23.4. The molecule has 1 N–H and O–H groups in total. The highest BCUT2D eigenvalue weighted by atomic mass is 19.3. The summed E-state index contributed by atoms with van der Waals surface area (Å²) in [5.41, 5.74) is 0. The van der Waals surface area contributed by atoms with Gasteiger partial charge in [-0.3, -0.25) is 0 Å². The van der Waals surface area contributed by atoms with Gasteiger partial charge in [0.2, 0.25) is 0 Å². The molecular formula is C6H6F4O2. The van der Waals surface area contributed by atoms with Gasteiger partial charge in [0.05, 0.1) is 0 Å². The van der Waals surface area contributed by atoms with Crippen LogP contribution in [0.3, 0.4) is 0 Å². The maximum atomic E-state index is 10.7. The molecule has 0 saturated heterocycles. The van der Waals surface area contributed by atoms with Crippen molar-refractivity contribution in [3.05, 3.63) is 24.8 Å². The van der Waals surface area contributed by atoms with Crippen LogP contribution in [-0.2, 0) is 4.79 Å². The van der Waals surface area contributed by atoms with Crippen LogP contribution in [0.5, 0.6) is 0 Å². The summed E-state index contributed by atoms with van der Waals surface area (Å²) in [6.45, 7) is 2.96. The molecule has 0 aromatic heterocycles. The molecule has 0 amide bonds. The van der Waals surface area contributed by atoms with Crippen LogP contribution in [0.25, 0.3) is 0 Å². The van der Waals surface area contributed by atoms with Crippen LogP contribution in [0.2, 0.25) is 0 Å².